The number of hydrogen-bond donors (Lipinski definition) is 2. The lowest BCUT2D eigenvalue weighted by Gasteiger charge is -2.23. The zero-order valence-electron chi connectivity index (χ0n) is 12.1. The maximum atomic E-state index is 12.0. The molecule has 21 heavy (non-hydrogen) atoms. The molecule has 114 valence electrons. The number of nitrogens with one attached hydrogen (secondary N) is 1. The maximum Gasteiger partial charge on any atom is 0.328 e. The topological polar surface area (TPSA) is 75.6 Å². The van der Waals surface area contributed by atoms with Gasteiger partial charge in [-0.2, -0.15) is 0 Å². The normalized spacial score (nSPS) is 11.6. The second-order valence-corrected chi connectivity index (χ2v) is 5.46. The molecular formula is C15H18ClNO4. The van der Waals surface area contributed by atoms with Crippen LogP contribution in [0, 0.1) is 0 Å². The van der Waals surface area contributed by atoms with Gasteiger partial charge in [0.1, 0.15) is 0 Å². The molecule has 0 bridgehead atoms. The van der Waals surface area contributed by atoms with Gasteiger partial charge >= 0.3 is 5.97 Å². The fraction of sp³-hybridized carbons (Fsp3) is 0.333. The van der Waals surface area contributed by atoms with Crippen molar-refractivity contribution >= 4 is 29.6 Å². The van der Waals surface area contributed by atoms with Crippen LogP contribution in [0.25, 0.3) is 6.08 Å². The molecule has 1 amide bonds. The Morgan fingerprint density at radius 1 is 1.43 bits per heavy atom. The average molecular weight is 312 g/mol. The van der Waals surface area contributed by atoms with Crippen LogP contribution >= 0.6 is 11.6 Å². The average Bonchev–Trinajstić information content (AvgIpc) is 2.43. The number of carbonyl (C=O) groups excluding carboxylic acids is 1. The first-order valence-electron chi connectivity index (χ1n) is 6.29. The molecule has 6 heteroatoms. The first kappa shape index (κ1) is 17.2. The molecule has 0 saturated heterocycles. The van der Waals surface area contributed by atoms with Crippen molar-refractivity contribution in [3.05, 3.63) is 40.4 Å². The molecule has 2 N–H and O–H groups in total. The van der Waals surface area contributed by atoms with Gasteiger partial charge in [0.2, 0.25) is 0 Å². The number of carbonyl (C=O) groups is 2. The second kappa shape index (κ2) is 7.24. The molecular weight excluding hydrogens is 294 g/mol. The molecule has 0 aliphatic heterocycles. The van der Waals surface area contributed by atoms with E-state index >= 15 is 0 Å². The van der Waals surface area contributed by atoms with Gasteiger partial charge in [-0.3, -0.25) is 4.79 Å². The van der Waals surface area contributed by atoms with Gasteiger partial charge < -0.3 is 15.2 Å². The molecule has 0 heterocycles. The maximum absolute atomic E-state index is 12.0. The summed E-state index contributed by atoms with van der Waals surface area (Å²) >= 11 is 6.03. The lowest BCUT2D eigenvalue weighted by Crippen LogP contribution is -2.39. The summed E-state index contributed by atoms with van der Waals surface area (Å²) in [7, 11) is 1.58. The molecule has 0 radical (unpaired) electrons. The predicted octanol–water partition coefficient (Wildman–Crippen LogP) is 2.59. The summed E-state index contributed by atoms with van der Waals surface area (Å²) in [5.74, 6) is -1.33. The van der Waals surface area contributed by atoms with Crippen LogP contribution in [-0.4, -0.2) is 36.2 Å². The van der Waals surface area contributed by atoms with Crippen LogP contribution in [0.15, 0.2) is 24.3 Å². The fourth-order valence-corrected chi connectivity index (χ4v) is 1.68. The summed E-state index contributed by atoms with van der Waals surface area (Å²) in [6.07, 6.45) is 2.36. The second-order valence-electron chi connectivity index (χ2n) is 5.05. The number of benzene rings is 1. The van der Waals surface area contributed by atoms with Crippen LogP contribution in [0.4, 0.5) is 0 Å². The van der Waals surface area contributed by atoms with E-state index in [9.17, 15) is 9.59 Å². The number of methoxy groups -OCH3 is 1. The van der Waals surface area contributed by atoms with Crippen LogP contribution in [0.1, 0.15) is 29.8 Å². The van der Waals surface area contributed by atoms with Gasteiger partial charge in [0, 0.05) is 30.3 Å². The monoisotopic (exact) mass is 311 g/mol. The van der Waals surface area contributed by atoms with Gasteiger partial charge in [0.05, 0.1) is 5.60 Å². The van der Waals surface area contributed by atoms with Crippen molar-refractivity contribution in [1.29, 1.82) is 0 Å². The Labute approximate surface area is 128 Å². The lowest BCUT2D eigenvalue weighted by atomic mass is 10.1. The van der Waals surface area contributed by atoms with E-state index in [1.807, 2.05) is 13.8 Å². The highest BCUT2D eigenvalue weighted by Crippen LogP contribution is 2.19. The molecule has 5 nitrogen and oxygen atoms in total. The fourth-order valence-electron chi connectivity index (χ4n) is 1.43. The van der Waals surface area contributed by atoms with Crippen molar-refractivity contribution in [2.45, 2.75) is 19.4 Å². The molecule has 0 atom stereocenters. The third kappa shape index (κ3) is 5.57. The van der Waals surface area contributed by atoms with Gasteiger partial charge in [-0.1, -0.05) is 17.7 Å². The Bertz CT molecular complexity index is 567. The molecule has 0 aliphatic carbocycles. The van der Waals surface area contributed by atoms with E-state index in [1.165, 1.54) is 12.1 Å². The molecule has 0 unspecified atom stereocenters. The molecule has 0 aromatic heterocycles. The minimum atomic E-state index is -1.06. The summed E-state index contributed by atoms with van der Waals surface area (Å²) in [5, 5.41) is 11.6. The quantitative estimate of drug-likeness (QED) is 0.792. The SMILES string of the molecule is COC(C)(C)CNC(=O)c1ccc(/C=C/C(=O)O)c(Cl)c1. The Hall–Kier alpha value is -1.85. The molecule has 0 saturated carbocycles. The van der Waals surface area contributed by atoms with Gasteiger partial charge in [-0.25, -0.2) is 4.79 Å². The molecule has 1 rings (SSSR count). The first-order chi connectivity index (χ1) is 9.75. The highest BCUT2D eigenvalue weighted by molar-refractivity contribution is 6.32. The van der Waals surface area contributed by atoms with Gasteiger partial charge in [0.15, 0.2) is 0 Å². The van der Waals surface area contributed by atoms with Gasteiger partial charge in [0.25, 0.3) is 5.91 Å². The van der Waals surface area contributed by atoms with E-state index in [1.54, 1.807) is 19.2 Å². The van der Waals surface area contributed by atoms with Crippen LogP contribution in [0.5, 0.6) is 0 Å². The number of hydrogen-bond acceptors (Lipinski definition) is 3. The Balaban J connectivity index is 2.79. The van der Waals surface area contributed by atoms with Crippen molar-refractivity contribution in [3.8, 4) is 0 Å². The number of carboxylic acids is 1. The standard InChI is InChI=1S/C15H18ClNO4/c1-15(2,21-3)9-17-14(20)11-5-4-10(12(16)8-11)6-7-13(18)19/h4-8H,9H2,1-3H3,(H,17,20)(H,18,19)/b7-6+. The summed E-state index contributed by atoms with van der Waals surface area (Å²) in [5.41, 5.74) is 0.482. The minimum Gasteiger partial charge on any atom is -0.478 e. The van der Waals surface area contributed by atoms with Gasteiger partial charge in [-0.15, -0.1) is 0 Å². The van der Waals surface area contributed by atoms with Gasteiger partial charge in [-0.05, 0) is 37.6 Å². The zero-order valence-corrected chi connectivity index (χ0v) is 12.9. The van der Waals surface area contributed by atoms with Crippen LogP contribution in [-0.2, 0) is 9.53 Å². The summed E-state index contributed by atoms with van der Waals surface area (Å²) in [6, 6.07) is 4.68. The highest BCUT2D eigenvalue weighted by atomic mass is 35.5. The number of carboxylic acid groups (broad SMARTS) is 1. The third-order valence-electron chi connectivity index (χ3n) is 2.90. The number of amides is 1. The molecule has 0 aliphatic rings. The molecule has 0 spiro atoms. The summed E-state index contributed by atoms with van der Waals surface area (Å²) in [6.45, 7) is 4.08. The van der Waals surface area contributed by atoms with Crippen LogP contribution in [0.3, 0.4) is 0 Å². The summed E-state index contributed by atoms with van der Waals surface area (Å²) < 4.78 is 5.22. The third-order valence-corrected chi connectivity index (χ3v) is 3.22. The summed E-state index contributed by atoms with van der Waals surface area (Å²) in [4.78, 5) is 22.5. The van der Waals surface area contributed by atoms with E-state index < -0.39 is 11.6 Å². The van der Waals surface area contributed by atoms with E-state index in [0.717, 1.165) is 6.08 Å². The smallest absolute Gasteiger partial charge is 0.328 e. The van der Waals surface area contributed by atoms with Crippen molar-refractivity contribution < 1.29 is 19.4 Å². The van der Waals surface area contributed by atoms with Crippen molar-refractivity contribution in [2.24, 2.45) is 0 Å². The predicted molar refractivity (Wildman–Crippen MR) is 81.5 cm³/mol. The van der Waals surface area contributed by atoms with Crippen molar-refractivity contribution in [2.75, 3.05) is 13.7 Å². The largest absolute Gasteiger partial charge is 0.478 e. The Morgan fingerprint density at radius 3 is 2.62 bits per heavy atom. The van der Waals surface area contributed by atoms with E-state index in [2.05, 4.69) is 5.32 Å². The highest BCUT2D eigenvalue weighted by Gasteiger charge is 2.18. The molecule has 1 aromatic carbocycles. The van der Waals surface area contributed by atoms with Crippen molar-refractivity contribution in [3.63, 3.8) is 0 Å². The van der Waals surface area contributed by atoms with E-state index in [4.69, 9.17) is 21.4 Å². The number of ether oxygens (including phenoxy) is 1. The molecule has 0 fully saturated rings. The van der Waals surface area contributed by atoms with E-state index in [-0.39, 0.29) is 5.91 Å². The Kier molecular flexibility index (Phi) is 5.93. The Morgan fingerprint density at radius 2 is 2.10 bits per heavy atom. The van der Waals surface area contributed by atoms with Crippen molar-refractivity contribution in [1.82, 2.24) is 5.32 Å². The minimum absolute atomic E-state index is 0.268. The van der Waals surface area contributed by atoms with Crippen LogP contribution in [0.2, 0.25) is 5.02 Å². The first-order valence-corrected chi connectivity index (χ1v) is 6.67. The number of aliphatic carboxylic acids is 1. The molecule has 1 aromatic rings. The number of halogens is 1. The number of rotatable bonds is 6. The zero-order chi connectivity index (χ0) is 16.0. The van der Waals surface area contributed by atoms with Crippen LogP contribution < -0.4 is 5.32 Å². The lowest BCUT2D eigenvalue weighted by molar-refractivity contribution is -0.131. The van der Waals surface area contributed by atoms with E-state index in [0.29, 0.717) is 22.7 Å².